The zero-order valence-electron chi connectivity index (χ0n) is 6.29. The second-order valence-corrected chi connectivity index (χ2v) is 3.30. The van der Waals surface area contributed by atoms with Crippen LogP contribution in [0.4, 0.5) is 0 Å². The van der Waals surface area contributed by atoms with E-state index < -0.39 is 12.0 Å². The molecule has 0 aromatic rings. The molecule has 1 aliphatic carbocycles. The van der Waals surface area contributed by atoms with Crippen LogP contribution in [-0.4, -0.2) is 22.8 Å². The number of aliphatic imine (C=N–C) groups is 1. The number of carboxylic acids is 1. The molecule has 3 heteroatoms. The molecule has 0 aromatic heterocycles. The molecule has 0 spiro atoms. The monoisotopic (exact) mass is 153 g/mol. The Labute approximate surface area is 65.1 Å². The number of nitrogens with zero attached hydrogens (tertiary/aromatic N) is 1. The van der Waals surface area contributed by atoms with Gasteiger partial charge in [0.2, 0.25) is 0 Å². The smallest absolute Gasteiger partial charge is 0.328 e. The highest BCUT2D eigenvalue weighted by atomic mass is 16.4. The average molecular weight is 153 g/mol. The molecule has 0 saturated heterocycles. The van der Waals surface area contributed by atoms with Gasteiger partial charge in [0.1, 0.15) is 6.04 Å². The summed E-state index contributed by atoms with van der Waals surface area (Å²) in [7, 11) is 0. The Balaban J connectivity index is 2.13. The van der Waals surface area contributed by atoms with Crippen LogP contribution >= 0.6 is 0 Å². The lowest BCUT2D eigenvalue weighted by Gasteiger charge is -2.01. The van der Waals surface area contributed by atoms with Crippen molar-refractivity contribution in [1.82, 2.24) is 0 Å². The second-order valence-electron chi connectivity index (χ2n) is 3.30. The number of fused-ring (bicyclic) bond motifs is 1. The number of carboxylic acid groups (broad SMARTS) is 1. The zero-order valence-corrected chi connectivity index (χ0v) is 6.29. The normalized spacial score (nSPS) is 35.1. The maximum atomic E-state index is 10.5. The van der Waals surface area contributed by atoms with E-state index in [0.717, 1.165) is 25.0 Å². The van der Waals surface area contributed by atoms with Gasteiger partial charge in [-0.05, 0) is 31.6 Å². The van der Waals surface area contributed by atoms with Crippen molar-refractivity contribution in [3.63, 3.8) is 0 Å². The minimum atomic E-state index is -0.757. The molecule has 0 bridgehead atoms. The zero-order chi connectivity index (χ0) is 7.84. The first kappa shape index (κ1) is 6.83. The Bertz CT molecular complexity index is 222. The van der Waals surface area contributed by atoms with Crippen molar-refractivity contribution in [2.24, 2.45) is 10.9 Å². The predicted octanol–water partition coefficient (Wildman–Crippen LogP) is 1.08. The summed E-state index contributed by atoms with van der Waals surface area (Å²) in [5.74, 6) is -0.247. The average Bonchev–Trinajstić information content (AvgIpc) is 2.40. The predicted molar refractivity (Wildman–Crippen MR) is 40.8 cm³/mol. The second kappa shape index (κ2) is 2.32. The Morgan fingerprint density at radius 2 is 2.45 bits per heavy atom. The van der Waals surface area contributed by atoms with E-state index in [9.17, 15) is 4.79 Å². The van der Waals surface area contributed by atoms with Crippen molar-refractivity contribution in [3.8, 4) is 0 Å². The molecule has 2 unspecified atom stereocenters. The van der Waals surface area contributed by atoms with Gasteiger partial charge < -0.3 is 5.11 Å². The van der Waals surface area contributed by atoms with Gasteiger partial charge in [-0.2, -0.15) is 0 Å². The van der Waals surface area contributed by atoms with Gasteiger partial charge in [-0.25, -0.2) is 4.79 Å². The van der Waals surface area contributed by atoms with Gasteiger partial charge in [-0.15, -0.1) is 0 Å². The minimum Gasteiger partial charge on any atom is -0.480 e. The van der Waals surface area contributed by atoms with Gasteiger partial charge in [0, 0.05) is 5.71 Å². The van der Waals surface area contributed by atoms with E-state index in [-0.39, 0.29) is 0 Å². The summed E-state index contributed by atoms with van der Waals surface area (Å²) in [6, 6.07) is -0.421. The molecule has 0 radical (unpaired) electrons. The van der Waals surface area contributed by atoms with E-state index in [1.54, 1.807) is 0 Å². The van der Waals surface area contributed by atoms with Crippen molar-refractivity contribution in [2.75, 3.05) is 0 Å². The van der Waals surface area contributed by atoms with Crippen LogP contribution in [0.3, 0.4) is 0 Å². The minimum absolute atomic E-state index is 0.421. The van der Waals surface area contributed by atoms with Crippen LogP contribution in [0.5, 0.6) is 0 Å². The largest absolute Gasteiger partial charge is 0.480 e. The molecular weight excluding hydrogens is 142 g/mol. The Hall–Kier alpha value is -0.860. The molecule has 0 amide bonds. The number of aliphatic carboxylic acids is 1. The maximum Gasteiger partial charge on any atom is 0.328 e. The van der Waals surface area contributed by atoms with E-state index in [4.69, 9.17) is 5.11 Å². The molecule has 3 nitrogen and oxygen atoms in total. The summed E-state index contributed by atoms with van der Waals surface area (Å²) >= 11 is 0. The lowest BCUT2D eigenvalue weighted by atomic mass is 10.0. The van der Waals surface area contributed by atoms with Crippen LogP contribution < -0.4 is 0 Å². The van der Waals surface area contributed by atoms with Gasteiger partial charge in [-0.1, -0.05) is 0 Å². The third-order valence-corrected chi connectivity index (χ3v) is 2.57. The van der Waals surface area contributed by atoms with Gasteiger partial charge in [-0.3, -0.25) is 4.99 Å². The summed E-state index contributed by atoms with van der Waals surface area (Å²) in [5, 5.41) is 8.66. The fourth-order valence-corrected chi connectivity index (χ4v) is 2.00. The van der Waals surface area contributed by atoms with Gasteiger partial charge in [0.15, 0.2) is 0 Å². The summed E-state index contributed by atoms with van der Waals surface area (Å²) in [5.41, 5.74) is 1.16. The summed E-state index contributed by atoms with van der Waals surface area (Å²) < 4.78 is 0. The van der Waals surface area contributed by atoms with E-state index in [0.29, 0.717) is 5.92 Å². The van der Waals surface area contributed by atoms with Crippen LogP contribution in [0, 0.1) is 5.92 Å². The van der Waals surface area contributed by atoms with E-state index >= 15 is 0 Å². The highest BCUT2D eigenvalue weighted by molar-refractivity contribution is 5.93. The summed E-state index contributed by atoms with van der Waals surface area (Å²) in [6.45, 7) is 0. The van der Waals surface area contributed by atoms with Crippen molar-refractivity contribution in [2.45, 2.75) is 31.7 Å². The van der Waals surface area contributed by atoms with Crippen LogP contribution in [0.15, 0.2) is 4.99 Å². The number of hydrogen-bond donors (Lipinski definition) is 1. The quantitative estimate of drug-likeness (QED) is 0.612. The molecule has 0 aromatic carbocycles. The SMILES string of the molecule is O=C(O)C1CC2CCCC2=N1. The van der Waals surface area contributed by atoms with Crippen LogP contribution in [0.1, 0.15) is 25.7 Å². The summed E-state index contributed by atoms with van der Waals surface area (Å²) in [6.07, 6.45) is 4.15. The number of rotatable bonds is 1. The topological polar surface area (TPSA) is 49.7 Å². The number of hydrogen-bond acceptors (Lipinski definition) is 2. The Kier molecular flexibility index (Phi) is 1.44. The molecule has 11 heavy (non-hydrogen) atoms. The fourth-order valence-electron chi connectivity index (χ4n) is 2.00. The Morgan fingerprint density at radius 1 is 1.64 bits per heavy atom. The van der Waals surface area contributed by atoms with Crippen molar-refractivity contribution >= 4 is 11.7 Å². The van der Waals surface area contributed by atoms with Crippen molar-refractivity contribution in [3.05, 3.63) is 0 Å². The lowest BCUT2D eigenvalue weighted by Crippen LogP contribution is -2.15. The van der Waals surface area contributed by atoms with E-state index in [1.165, 1.54) is 6.42 Å². The highest BCUT2D eigenvalue weighted by Gasteiger charge is 2.34. The first-order valence-corrected chi connectivity index (χ1v) is 4.07. The molecular formula is C8H11NO2. The molecule has 2 atom stereocenters. The molecule has 60 valence electrons. The molecule has 1 fully saturated rings. The van der Waals surface area contributed by atoms with Gasteiger partial charge >= 0.3 is 5.97 Å². The van der Waals surface area contributed by atoms with Crippen LogP contribution in [0.25, 0.3) is 0 Å². The Morgan fingerprint density at radius 3 is 3.09 bits per heavy atom. The maximum absolute atomic E-state index is 10.5. The third kappa shape index (κ3) is 1.04. The number of carbonyl (C=O) groups is 1. The van der Waals surface area contributed by atoms with Crippen molar-refractivity contribution < 1.29 is 9.90 Å². The van der Waals surface area contributed by atoms with E-state index in [1.807, 2.05) is 0 Å². The summed E-state index contributed by atoms with van der Waals surface area (Å²) in [4.78, 5) is 14.7. The van der Waals surface area contributed by atoms with E-state index in [2.05, 4.69) is 4.99 Å². The molecule has 2 aliphatic rings. The standard InChI is InChI=1S/C8H11NO2/c10-8(11)7-4-5-2-1-3-6(5)9-7/h5,7H,1-4H2,(H,10,11). The molecule has 2 rings (SSSR count). The first-order chi connectivity index (χ1) is 5.27. The molecule has 1 aliphatic heterocycles. The van der Waals surface area contributed by atoms with Crippen molar-refractivity contribution in [1.29, 1.82) is 0 Å². The molecule has 1 N–H and O–H groups in total. The highest BCUT2D eigenvalue weighted by Crippen LogP contribution is 2.33. The van der Waals surface area contributed by atoms with Crippen LogP contribution in [0.2, 0.25) is 0 Å². The third-order valence-electron chi connectivity index (χ3n) is 2.57. The molecule has 1 saturated carbocycles. The molecule has 1 heterocycles. The van der Waals surface area contributed by atoms with Gasteiger partial charge in [0.05, 0.1) is 0 Å². The first-order valence-electron chi connectivity index (χ1n) is 4.07. The fraction of sp³-hybridized carbons (Fsp3) is 0.750. The lowest BCUT2D eigenvalue weighted by molar-refractivity contribution is -0.138. The van der Waals surface area contributed by atoms with Gasteiger partial charge in [0.25, 0.3) is 0 Å². The van der Waals surface area contributed by atoms with Crippen LogP contribution in [-0.2, 0) is 4.79 Å².